The van der Waals surface area contributed by atoms with Crippen molar-refractivity contribution in [1.82, 2.24) is 4.98 Å². The molecule has 10 heavy (non-hydrogen) atoms. The normalized spacial score (nSPS) is 11.8. The summed E-state index contributed by atoms with van der Waals surface area (Å²) in [6.07, 6.45) is 2.61. The maximum Gasteiger partial charge on any atom is 0.209 e. The van der Waals surface area contributed by atoms with Gasteiger partial charge in [-0.05, 0) is 15.9 Å². The first-order valence-electron chi connectivity index (χ1n) is 2.31. The first-order valence-corrected chi connectivity index (χ1v) is 5.81. The van der Waals surface area contributed by atoms with E-state index in [1.54, 1.807) is 0 Å². The lowest BCUT2D eigenvalue weighted by molar-refractivity contribution is 0.601. The van der Waals surface area contributed by atoms with E-state index in [9.17, 15) is 8.42 Å². The first-order chi connectivity index (χ1) is 4.50. The van der Waals surface area contributed by atoms with Gasteiger partial charge in [-0.1, -0.05) is 11.3 Å². The second kappa shape index (κ2) is 2.60. The third kappa shape index (κ3) is 1.77. The number of halogens is 1. The molecule has 0 radical (unpaired) electrons. The predicted octanol–water partition coefficient (Wildman–Crippen LogP) is 1.31. The molecule has 1 aromatic rings. The molecule has 56 valence electrons. The van der Waals surface area contributed by atoms with Gasteiger partial charge in [0.15, 0.2) is 0 Å². The lowest BCUT2D eigenvalue weighted by Crippen LogP contribution is -1.94. The summed E-state index contributed by atoms with van der Waals surface area (Å²) in [5, 5.41) is 0. The van der Waals surface area contributed by atoms with Crippen LogP contribution in [-0.2, 0) is 9.84 Å². The lowest BCUT2D eigenvalue weighted by atomic mass is 11.0. The van der Waals surface area contributed by atoms with Crippen LogP contribution in [0.4, 0.5) is 0 Å². The Kier molecular flexibility index (Phi) is 2.12. The van der Waals surface area contributed by atoms with Crippen LogP contribution < -0.4 is 0 Å². The van der Waals surface area contributed by atoms with Crippen molar-refractivity contribution < 1.29 is 8.42 Å². The van der Waals surface area contributed by atoms with Crippen molar-refractivity contribution in [2.45, 2.75) is 4.34 Å². The lowest BCUT2D eigenvalue weighted by Gasteiger charge is -1.85. The van der Waals surface area contributed by atoms with E-state index >= 15 is 0 Å². The SMILES string of the molecule is CS(=O)(=O)c1ncc(Br)s1. The van der Waals surface area contributed by atoms with Gasteiger partial charge in [0.2, 0.25) is 14.2 Å². The molecular weight excluding hydrogens is 238 g/mol. The number of nitrogens with zero attached hydrogens (tertiary/aromatic N) is 1. The van der Waals surface area contributed by atoms with Crippen molar-refractivity contribution in [3.63, 3.8) is 0 Å². The summed E-state index contributed by atoms with van der Waals surface area (Å²) in [7, 11) is -3.10. The Morgan fingerprint density at radius 2 is 2.30 bits per heavy atom. The van der Waals surface area contributed by atoms with Gasteiger partial charge in [0.05, 0.1) is 9.98 Å². The highest BCUT2D eigenvalue weighted by atomic mass is 79.9. The van der Waals surface area contributed by atoms with Gasteiger partial charge in [-0.3, -0.25) is 0 Å². The number of thiazole rings is 1. The van der Waals surface area contributed by atoms with Crippen molar-refractivity contribution in [2.75, 3.05) is 6.26 Å². The molecule has 0 saturated heterocycles. The van der Waals surface area contributed by atoms with Crippen molar-refractivity contribution >= 4 is 37.1 Å². The molecule has 0 saturated carbocycles. The van der Waals surface area contributed by atoms with Gasteiger partial charge in [0.1, 0.15) is 0 Å². The fourth-order valence-corrected chi connectivity index (χ4v) is 2.79. The molecule has 0 amide bonds. The van der Waals surface area contributed by atoms with Crippen LogP contribution in [0.1, 0.15) is 0 Å². The Morgan fingerprint density at radius 3 is 2.50 bits per heavy atom. The second-order valence-electron chi connectivity index (χ2n) is 1.70. The highest BCUT2D eigenvalue weighted by Gasteiger charge is 2.10. The predicted molar refractivity (Wildman–Crippen MR) is 42.9 cm³/mol. The van der Waals surface area contributed by atoms with E-state index < -0.39 is 9.84 Å². The molecule has 0 bridgehead atoms. The molecule has 0 aliphatic carbocycles. The van der Waals surface area contributed by atoms with Crippen molar-refractivity contribution in [1.29, 1.82) is 0 Å². The molecule has 3 nitrogen and oxygen atoms in total. The molecule has 6 heteroatoms. The number of aromatic nitrogens is 1. The van der Waals surface area contributed by atoms with Gasteiger partial charge in [-0.25, -0.2) is 13.4 Å². The Labute approximate surface area is 71.1 Å². The molecule has 1 aromatic heterocycles. The van der Waals surface area contributed by atoms with Crippen LogP contribution in [0.2, 0.25) is 0 Å². The quantitative estimate of drug-likeness (QED) is 0.745. The van der Waals surface area contributed by atoms with Crippen molar-refractivity contribution in [3.05, 3.63) is 9.98 Å². The van der Waals surface area contributed by atoms with Crippen LogP contribution in [0, 0.1) is 0 Å². The largest absolute Gasteiger partial charge is 0.233 e. The zero-order valence-corrected chi connectivity index (χ0v) is 8.25. The van der Waals surface area contributed by atoms with E-state index in [1.165, 1.54) is 6.20 Å². The molecule has 0 aromatic carbocycles. The molecule has 0 unspecified atom stereocenters. The van der Waals surface area contributed by atoms with Gasteiger partial charge in [0.25, 0.3) is 0 Å². The fraction of sp³-hybridized carbons (Fsp3) is 0.250. The van der Waals surface area contributed by atoms with Gasteiger partial charge in [-0.15, -0.1) is 0 Å². The minimum Gasteiger partial charge on any atom is -0.233 e. The van der Waals surface area contributed by atoms with Crippen LogP contribution in [-0.4, -0.2) is 19.7 Å². The molecule has 1 heterocycles. The van der Waals surface area contributed by atoms with E-state index in [4.69, 9.17) is 0 Å². The maximum atomic E-state index is 10.8. The topological polar surface area (TPSA) is 47.0 Å². The highest BCUT2D eigenvalue weighted by molar-refractivity contribution is 9.11. The zero-order chi connectivity index (χ0) is 7.78. The molecule has 0 fully saturated rings. The zero-order valence-electron chi connectivity index (χ0n) is 5.04. The molecular formula is C4H4BrNO2S2. The van der Waals surface area contributed by atoms with E-state index in [-0.39, 0.29) is 4.34 Å². The van der Waals surface area contributed by atoms with Crippen molar-refractivity contribution in [3.8, 4) is 0 Å². The highest BCUT2D eigenvalue weighted by Crippen LogP contribution is 2.22. The average Bonchev–Trinajstić information content (AvgIpc) is 2.11. The van der Waals surface area contributed by atoms with Crippen LogP contribution in [0.15, 0.2) is 14.3 Å². The Hall–Kier alpha value is 0.0600. The van der Waals surface area contributed by atoms with E-state index in [0.717, 1.165) is 21.4 Å². The Balaban J connectivity index is 3.21. The van der Waals surface area contributed by atoms with Crippen LogP contribution in [0.25, 0.3) is 0 Å². The third-order valence-electron chi connectivity index (χ3n) is 0.773. The second-order valence-corrected chi connectivity index (χ2v) is 6.30. The first kappa shape index (κ1) is 8.16. The van der Waals surface area contributed by atoms with Gasteiger partial charge < -0.3 is 0 Å². The number of hydrogen-bond acceptors (Lipinski definition) is 4. The maximum absolute atomic E-state index is 10.8. The van der Waals surface area contributed by atoms with Crippen LogP contribution >= 0.6 is 27.3 Å². The Bertz CT molecular complexity index is 329. The number of sulfone groups is 1. The monoisotopic (exact) mass is 241 g/mol. The fourth-order valence-electron chi connectivity index (χ4n) is 0.411. The summed E-state index contributed by atoms with van der Waals surface area (Å²) in [6.45, 7) is 0. The molecule has 0 spiro atoms. The van der Waals surface area contributed by atoms with E-state index in [0.29, 0.717) is 0 Å². The summed E-state index contributed by atoms with van der Waals surface area (Å²) < 4.78 is 22.4. The minimum atomic E-state index is -3.10. The summed E-state index contributed by atoms with van der Waals surface area (Å²) in [6, 6.07) is 0. The number of hydrogen-bond donors (Lipinski definition) is 0. The van der Waals surface area contributed by atoms with E-state index in [2.05, 4.69) is 20.9 Å². The summed E-state index contributed by atoms with van der Waals surface area (Å²) in [4.78, 5) is 3.67. The van der Waals surface area contributed by atoms with Crippen molar-refractivity contribution in [2.24, 2.45) is 0 Å². The van der Waals surface area contributed by atoms with Crippen LogP contribution in [0.5, 0.6) is 0 Å². The minimum absolute atomic E-state index is 0.152. The Morgan fingerprint density at radius 1 is 1.70 bits per heavy atom. The molecule has 0 aliphatic heterocycles. The van der Waals surface area contributed by atoms with Gasteiger partial charge in [-0.2, -0.15) is 0 Å². The smallest absolute Gasteiger partial charge is 0.209 e. The molecule has 1 rings (SSSR count). The number of rotatable bonds is 1. The van der Waals surface area contributed by atoms with Crippen LogP contribution in [0.3, 0.4) is 0 Å². The van der Waals surface area contributed by atoms with Gasteiger partial charge >= 0.3 is 0 Å². The average molecular weight is 242 g/mol. The summed E-state index contributed by atoms with van der Waals surface area (Å²) in [5.41, 5.74) is 0. The standard InChI is InChI=1S/C4H4BrNO2S2/c1-10(7,8)4-6-2-3(5)9-4/h2H,1H3. The molecule has 0 aliphatic rings. The summed E-state index contributed by atoms with van der Waals surface area (Å²) >= 11 is 4.23. The molecule has 0 atom stereocenters. The summed E-state index contributed by atoms with van der Waals surface area (Å²) in [5.74, 6) is 0. The van der Waals surface area contributed by atoms with Gasteiger partial charge in [0, 0.05) is 6.26 Å². The molecule has 0 N–H and O–H groups in total. The third-order valence-corrected chi connectivity index (χ3v) is 3.94. The van der Waals surface area contributed by atoms with E-state index in [1.807, 2.05) is 0 Å².